The van der Waals surface area contributed by atoms with Crippen molar-refractivity contribution in [2.75, 3.05) is 32.4 Å². The van der Waals surface area contributed by atoms with Crippen molar-refractivity contribution in [3.05, 3.63) is 18.0 Å². The Morgan fingerprint density at radius 3 is 2.70 bits per heavy atom. The minimum Gasteiger partial charge on any atom is -0.397 e. The molecule has 1 aliphatic rings. The number of carbonyl (C=O) groups excluding carboxylic acids is 1. The summed E-state index contributed by atoms with van der Waals surface area (Å²) in [6, 6.07) is 1.75. The summed E-state index contributed by atoms with van der Waals surface area (Å²) < 4.78 is 1.89. The number of aryl methyl sites for hydroxylation is 1. The van der Waals surface area contributed by atoms with E-state index in [-0.39, 0.29) is 11.3 Å². The van der Waals surface area contributed by atoms with Crippen LogP contribution in [0.2, 0.25) is 0 Å². The average Bonchev–Trinajstić information content (AvgIpc) is 2.81. The van der Waals surface area contributed by atoms with Gasteiger partial charge in [-0.15, -0.1) is 0 Å². The molecule has 1 fully saturated rings. The topological polar surface area (TPSA) is 63.3 Å². The number of carbonyl (C=O) groups is 1. The van der Waals surface area contributed by atoms with E-state index in [9.17, 15) is 4.79 Å². The monoisotopic (exact) mass is 278 g/mol. The fourth-order valence-electron chi connectivity index (χ4n) is 2.70. The second kappa shape index (κ2) is 5.87. The molecule has 0 aliphatic carbocycles. The van der Waals surface area contributed by atoms with E-state index in [1.54, 1.807) is 6.07 Å². The molecule has 0 bridgehead atoms. The molecule has 1 aliphatic heterocycles. The maximum Gasteiger partial charge on any atom is 0.268 e. The van der Waals surface area contributed by atoms with E-state index < -0.39 is 0 Å². The summed E-state index contributed by atoms with van der Waals surface area (Å²) in [5.74, 6) is -0.0243. The number of anilines is 1. The van der Waals surface area contributed by atoms with Gasteiger partial charge in [0, 0.05) is 19.3 Å². The molecule has 0 radical (unpaired) electrons. The highest BCUT2D eigenvalue weighted by Crippen LogP contribution is 2.29. The van der Waals surface area contributed by atoms with Gasteiger partial charge < -0.3 is 20.5 Å². The van der Waals surface area contributed by atoms with Crippen molar-refractivity contribution < 1.29 is 4.79 Å². The van der Waals surface area contributed by atoms with Gasteiger partial charge >= 0.3 is 0 Å². The first-order valence-electron chi connectivity index (χ1n) is 7.36. The average molecular weight is 278 g/mol. The van der Waals surface area contributed by atoms with Gasteiger partial charge in [0.2, 0.25) is 0 Å². The first kappa shape index (κ1) is 14.9. The lowest BCUT2D eigenvalue weighted by atomic mass is 9.80. The van der Waals surface area contributed by atoms with Crippen LogP contribution >= 0.6 is 0 Å². The molecule has 0 spiro atoms. The number of nitrogens with zero attached hydrogens (tertiary/aromatic N) is 2. The molecule has 0 unspecified atom stereocenters. The Balaban J connectivity index is 1.95. The predicted molar refractivity (Wildman–Crippen MR) is 81.7 cm³/mol. The second-order valence-corrected chi connectivity index (χ2v) is 6.24. The van der Waals surface area contributed by atoms with Crippen LogP contribution in [0.15, 0.2) is 12.3 Å². The summed E-state index contributed by atoms with van der Waals surface area (Å²) in [5.41, 5.74) is 7.27. The Hall–Kier alpha value is -1.49. The van der Waals surface area contributed by atoms with Crippen LogP contribution in [0.3, 0.4) is 0 Å². The number of aromatic nitrogens is 1. The molecule has 5 heteroatoms. The molecule has 1 aromatic heterocycles. The molecule has 1 amide bonds. The fraction of sp³-hybridized carbons (Fsp3) is 0.667. The number of nitrogen functional groups attached to an aromatic ring is 1. The Morgan fingerprint density at radius 1 is 1.45 bits per heavy atom. The highest BCUT2D eigenvalue weighted by atomic mass is 16.1. The van der Waals surface area contributed by atoms with Gasteiger partial charge in [0.1, 0.15) is 5.69 Å². The van der Waals surface area contributed by atoms with E-state index in [4.69, 9.17) is 5.73 Å². The second-order valence-electron chi connectivity index (χ2n) is 6.24. The van der Waals surface area contributed by atoms with Crippen molar-refractivity contribution >= 4 is 11.6 Å². The van der Waals surface area contributed by atoms with Gasteiger partial charge in [0.15, 0.2) is 0 Å². The van der Waals surface area contributed by atoms with Crippen molar-refractivity contribution in [1.29, 1.82) is 0 Å². The maximum absolute atomic E-state index is 12.3. The molecular weight excluding hydrogens is 252 g/mol. The van der Waals surface area contributed by atoms with E-state index >= 15 is 0 Å². The number of likely N-dealkylation sites (tertiary alicyclic amines) is 1. The van der Waals surface area contributed by atoms with E-state index in [1.807, 2.05) is 17.7 Å². The molecule has 1 aromatic rings. The summed E-state index contributed by atoms with van der Waals surface area (Å²) in [6.45, 7) is 7.95. The summed E-state index contributed by atoms with van der Waals surface area (Å²) in [7, 11) is 2.15. The first-order chi connectivity index (χ1) is 9.43. The van der Waals surface area contributed by atoms with Crippen molar-refractivity contribution in [3.8, 4) is 0 Å². The molecule has 0 saturated carbocycles. The van der Waals surface area contributed by atoms with Gasteiger partial charge in [-0.05, 0) is 51.4 Å². The molecule has 0 aromatic carbocycles. The molecule has 2 heterocycles. The number of rotatable bonds is 4. The highest BCUT2D eigenvalue weighted by Gasteiger charge is 2.29. The van der Waals surface area contributed by atoms with Gasteiger partial charge in [0.25, 0.3) is 5.91 Å². The zero-order chi connectivity index (χ0) is 14.8. The van der Waals surface area contributed by atoms with Crippen molar-refractivity contribution in [2.24, 2.45) is 5.41 Å². The number of amides is 1. The van der Waals surface area contributed by atoms with Crippen LogP contribution in [0.25, 0.3) is 0 Å². The van der Waals surface area contributed by atoms with Gasteiger partial charge in [-0.1, -0.05) is 6.92 Å². The smallest absolute Gasteiger partial charge is 0.268 e. The lowest BCUT2D eigenvalue weighted by Gasteiger charge is -2.37. The predicted octanol–water partition coefficient (Wildman–Crippen LogP) is 1.55. The highest BCUT2D eigenvalue weighted by molar-refractivity contribution is 5.93. The third-order valence-electron chi connectivity index (χ3n) is 4.36. The zero-order valence-electron chi connectivity index (χ0n) is 12.8. The van der Waals surface area contributed by atoms with Crippen molar-refractivity contribution in [3.63, 3.8) is 0 Å². The Bertz CT molecular complexity index is 472. The Morgan fingerprint density at radius 2 is 2.10 bits per heavy atom. The number of hydrogen-bond acceptors (Lipinski definition) is 3. The summed E-state index contributed by atoms with van der Waals surface area (Å²) in [4.78, 5) is 14.6. The number of nitrogens with one attached hydrogen (secondary N) is 1. The fourth-order valence-corrected chi connectivity index (χ4v) is 2.70. The lowest BCUT2D eigenvalue weighted by molar-refractivity contribution is 0.0883. The minimum atomic E-state index is -0.0243. The summed E-state index contributed by atoms with van der Waals surface area (Å²) >= 11 is 0. The number of hydrogen-bond donors (Lipinski definition) is 2. The SMILES string of the molecule is CCn1cc(N)cc1C(=O)NCC1(C)CCN(C)CC1. The lowest BCUT2D eigenvalue weighted by Crippen LogP contribution is -2.43. The van der Waals surface area contributed by atoms with E-state index in [1.165, 1.54) is 0 Å². The normalized spacial score (nSPS) is 18.9. The third-order valence-corrected chi connectivity index (χ3v) is 4.36. The molecule has 5 nitrogen and oxygen atoms in total. The number of nitrogens with two attached hydrogens (primary N) is 1. The standard InChI is InChI=1S/C15H26N4O/c1-4-19-10-12(16)9-13(19)14(20)17-11-15(2)5-7-18(3)8-6-15/h9-10H,4-8,11,16H2,1-3H3,(H,17,20). The maximum atomic E-state index is 12.3. The van der Waals surface area contributed by atoms with Crippen LogP contribution in [0.5, 0.6) is 0 Å². The number of piperidine rings is 1. The molecule has 20 heavy (non-hydrogen) atoms. The van der Waals surface area contributed by atoms with E-state index in [0.717, 1.165) is 39.0 Å². The molecule has 2 rings (SSSR count). The van der Waals surface area contributed by atoms with Crippen LogP contribution in [0.1, 0.15) is 37.2 Å². The molecule has 112 valence electrons. The largest absolute Gasteiger partial charge is 0.397 e. The molecule has 1 saturated heterocycles. The van der Waals surface area contributed by atoms with Crippen molar-refractivity contribution in [1.82, 2.24) is 14.8 Å². The Labute approximate surface area is 121 Å². The van der Waals surface area contributed by atoms with E-state index in [0.29, 0.717) is 11.4 Å². The minimum absolute atomic E-state index is 0.0243. The van der Waals surface area contributed by atoms with Gasteiger partial charge in [-0.25, -0.2) is 0 Å². The van der Waals surface area contributed by atoms with Crippen LogP contribution in [0, 0.1) is 5.41 Å². The van der Waals surface area contributed by atoms with Gasteiger partial charge in [0.05, 0.1) is 5.69 Å². The van der Waals surface area contributed by atoms with Crippen molar-refractivity contribution in [2.45, 2.75) is 33.2 Å². The van der Waals surface area contributed by atoms with Gasteiger partial charge in [-0.2, -0.15) is 0 Å². The zero-order valence-corrected chi connectivity index (χ0v) is 12.8. The van der Waals surface area contributed by atoms with E-state index in [2.05, 4.69) is 24.2 Å². The third kappa shape index (κ3) is 3.33. The quantitative estimate of drug-likeness (QED) is 0.878. The van der Waals surface area contributed by atoms with Crippen LogP contribution in [-0.4, -0.2) is 42.1 Å². The molecule has 3 N–H and O–H groups in total. The summed E-state index contributed by atoms with van der Waals surface area (Å²) in [5, 5.41) is 3.08. The summed E-state index contributed by atoms with van der Waals surface area (Å²) in [6.07, 6.45) is 4.06. The molecular formula is C15H26N4O. The van der Waals surface area contributed by atoms with Gasteiger partial charge in [-0.3, -0.25) is 4.79 Å². The first-order valence-corrected chi connectivity index (χ1v) is 7.36. The Kier molecular flexibility index (Phi) is 4.38. The molecule has 0 atom stereocenters. The van der Waals surface area contributed by atoms with Crippen LogP contribution in [0.4, 0.5) is 5.69 Å². The van der Waals surface area contributed by atoms with Crippen LogP contribution in [-0.2, 0) is 6.54 Å². The van der Waals surface area contributed by atoms with Crippen LogP contribution < -0.4 is 11.1 Å².